The summed E-state index contributed by atoms with van der Waals surface area (Å²) in [6.45, 7) is 0. The lowest BCUT2D eigenvalue weighted by Gasteiger charge is -2.28. The SMILES string of the molecule is c1cc2c3c(cccc3c1)C(C1CCCCC1)C2. The van der Waals surface area contributed by atoms with Crippen LogP contribution in [0, 0.1) is 5.92 Å². The summed E-state index contributed by atoms with van der Waals surface area (Å²) in [7, 11) is 0. The normalized spacial score (nSPS) is 23.7. The topological polar surface area (TPSA) is 0 Å². The third-order valence-electron chi connectivity index (χ3n) is 5.08. The largest absolute Gasteiger partial charge is 0.0614 e. The second-order valence-electron chi connectivity index (χ2n) is 6.07. The predicted molar refractivity (Wildman–Crippen MR) is 77.0 cm³/mol. The quantitative estimate of drug-likeness (QED) is 0.649. The summed E-state index contributed by atoms with van der Waals surface area (Å²) in [6.07, 6.45) is 8.56. The average Bonchev–Trinajstić information content (AvgIpc) is 2.82. The van der Waals surface area contributed by atoms with Crippen LogP contribution in [0.5, 0.6) is 0 Å². The fourth-order valence-corrected chi connectivity index (χ4v) is 4.23. The van der Waals surface area contributed by atoms with Gasteiger partial charge in [0.15, 0.2) is 0 Å². The van der Waals surface area contributed by atoms with E-state index in [1.807, 2.05) is 0 Å². The molecule has 1 saturated carbocycles. The summed E-state index contributed by atoms with van der Waals surface area (Å²) in [6, 6.07) is 13.7. The molecule has 18 heavy (non-hydrogen) atoms. The standard InChI is InChI=1S/C18H20/c1-2-6-13(7-3-1)17-12-15-10-4-8-14-9-5-11-16(17)18(14)15/h4-5,8-11,13,17H,1-3,6-7,12H2. The maximum Gasteiger partial charge on any atom is -0.00867 e. The first-order valence-corrected chi connectivity index (χ1v) is 7.44. The van der Waals surface area contributed by atoms with Crippen LogP contribution in [0.1, 0.15) is 49.1 Å². The van der Waals surface area contributed by atoms with Gasteiger partial charge in [0.05, 0.1) is 0 Å². The van der Waals surface area contributed by atoms with Gasteiger partial charge in [-0.2, -0.15) is 0 Å². The lowest BCUT2D eigenvalue weighted by Crippen LogP contribution is -2.15. The van der Waals surface area contributed by atoms with Crippen molar-refractivity contribution in [2.45, 2.75) is 44.4 Å². The molecule has 0 spiro atoms. The Labute approximate surface area is 109 Å². The molecule has 2 aromatic carbocycles. The molecule has 0 nitrogen and oxygen atoms in total. The van der Waals surface area contributed by atoms with Crippen LogP contribution in [0.2, 0.25) is 0 Å². The molecule has 1 unspecified atom stereocenters. The van der Waals surface area contributed by atoms with E-state index in [0.717, 1.165) is 11.8 Å². The Morgan fingerprint density at radius 2 is 1.61 bits per heavy atom. The smallest absolute Gasteiger partial charge is 0.00867 e. The Hall–Kier alpha value is -1.30. The van der Waals surface area contributed by atoms with Gasteiger partial charge in [0.2, 0.25) is 0 Å². The van der Waals surface area contributed by atoms with Gasteiger partial charge in [0.1, 0.15) is 0 Å². The highest BCUT2D eigenvalue weighted by Crippen LogP contribution is 2.46. The third-order valence-corrected chi connectivity index (χ3v) is 5.08. The number of hydrogen-bond donors (Lipinski definition) is 0. The molecule has 0 aliphatic heterocycles. The molecule has 0 N–H and O–H groups in total. The zero-order chi connectivity index (χ0) is 11.9. The van der Waals surface area contributed by atoms with E-state index < -0.39 is 0 Å². The van der Waals surface area contributed by atoms with Crippen molar-refractivity contribution in [2.75, 3.05) is 0 Å². The minimum atomic E-state index is 0.811. The van der Waals surface area contributed by atoms with Crippen molar-refractivity contribution in [3.8, 4) is 0 Å². The van der Waals surface area contributed by atoms with Crippen molar-refractivity contribution in [1.29, 1.82) is 0 Å². The van der Waals surface area contributed by atoms with E-state index in [-0.39, 0.29) is 0 Å². The van der Waals surface area contributed by atoms with E-state index in [9.17, 15) is 0 Å². The van der Waals surface area contributed by atoms with Gasteiger partial charge in [-0.25, -0.2) is 0 Å². The van der Waals surface area contributed by atoms with E-state index in [2.05, 4.69) is 36.4 Å². The highest BCUT2D eigenvalue weighted by Gasteiger charge is 2.31. The second-order valence-corrected chi connectivity index (χ2v) is 6.07. The molecule has 0 saturated heterocycles. The van der Waals surface area contributed by atoms with Gasteiger partial charge in [0.25, 0.3) is 0 Å². The molecule has 2 aliphatic carbocycles. The molecule has 4 rings (SSSR count). The summed E-state index contributed by atoms with van der Waals surface area (Å²) in [5.74, 6) is 1.75. The molecule has 1 fully saturated rings. The summed E-state index contributed by atoms with van der Waals surface area (Å²) < 4.78 is 0. The second kappa shape index (κ2) is 4.12. The lowest BCUT2D eigenvalue weighted by atomic mass is 9.77. The van der Waals surface area contributed by atoms with E-state index in [0.29, 0.717) is 0 Å². The molecular formula is C18H20. The van der Waals surface area contributed by atoms with Crippen molar-refractivity contribution in [3.63, 3.8) is 0 Å². The van der Waals surface area contributed by atoms with Crippen LogP contribution in [0.3, 0.4) is 0 Å². The van der Waals surface area contributed by atoms with Crippen molar-refractivity contribution in [3.05, 3.63) is 47.5 Å². The summed E-state index contributed by atoms with van der Waals surface area (Å²) >= 11 is 0. The average molecular weight is 236 g/mol. The van der Waals surface area contributed by atoms with Crippen LogP contribution in [0.4, 0.5) is 0 Å². The fourth-order valence-electron chi connectivity index (χ4n) is 4.23. The predicted octanol–water partition coefficient (Wildman–Crippen LogP) is 5.06. The Balaban J connectivity index is 1.80. The minimum absolute atomic E-state index is 0.811. The van der Waals surface area contributed by atoms with Crippen LogP contribution in [-0.2, 0) is 6.42 Å². The Bertz CT molecular complexity index is 570. The van der Waals surface area contributed by atoms with Crippen molar-refractivity contribution in [1.82, 2.24) is 0 Å². The molecule has 2 aromatic rings. The van der Waals surface area contributed by atoms with Crippen LogP contribution < -0.4 is 0 Å². The summed E-state index contributed by atoms with van der Waals surface area (Å²) in [4.78, 5) is 0. The Morgan fingerprint density at radius 3 is 2.44 bits per heavy atom. The van der Waals surface area contributed by atoms with E-state index >= 15 is 0 Å². The zero-order valence-electron chi connectivity index (χ0n) is 10.9. The van der Waals surface area contributed by atoms with E-state index in [1.54, 1.807) is 16.5 Å². The molecule has 0 amide bonds. The third kappa shape index (κ3) is 1.51. The van der Waals surface area contributed by atoms with Crippen molar-refractivity contribution in [2.24, 2.45) is 5.92 Å². The van der Waals surface area contributed by atoms with Crippen LogP contribution in [0.25, 0.3) is 10.8 Å². The van der Waals surface area contributed by atoms with Gasteiger partial charge in [-0.15, -0.1) is 0 Å². The number of rotatable bonds is 1. The molecule has 92 valence electrons. The van der Waals surface area contributed by atoms with Crippen molar-refractivity contribution < 1.29 is 0 Å². The van der Waals surface area contributed by atoms with E-state index in [4.69, 9.17) is 0 Å². The molecule has 2 aliphatic rings. The zero-order valence-corrected chi connectivity index (χ0v) is 10.9. The van der Waals surface area contributed by atoms with E-state index in [1.165, 1.54) is 43.9 Å². The fraction of sp³-hybridized carbons (Fsp3) is 0.444. The summed E-state index contributed by atoms with van der Waals surface area (Å²) in [5, 5.41) is 3.03. The van der Waals surface area contributed by atoms with Gasteiger partial charge in [0, 0.05) is 0 Å². The van der Waals surface area contributed by atoms with Gasteiger partial charge < -0.3 is 0 Å². The monoisotopic (exact) mass is 236 g/mol. The Kier molecular flexibility index (Phi) is 2.43. The van der Waals surface area contributed by atoms with Crippen LogP contribution in [0.15, 0.2) is 36.4 Å². The first-order chi connectivity index (χ1) is 8.93. The first kappa shape index (κ1) is 10.6. The minimum Gasteiger partial charge on any atom is -0.0614 e. The van der Waals surface area contributed by atoms with Crippen LogP contribution >= 0.6 is 0 Å². The van der Waals surface area contributed by atoms with Crippen LogP contribution in [-0.4, -0.2) is 0 Å². The maximum absolute atomic E-state index is 2.39. The Morgan fingerprint density at radius 1 is 0.833 bits per heavy atom. The van der Waals surface area contributed by atoms with Gasteiger partial charge in [-0.05, 0) is 53.0 Å². The van der Waals surface area contributed by atoms with Gasteiger partial charge in [-0.3, -0.25) is 0 Å². The summed E-state index contributed by atoms with van der Waals surface area (Å²) in [5.41, 5.74) is 3.24. The molecule has 0 radical (unpaired) electrons. The first-order valence-electron chi connectivity index (χ1n) is 7.44. The molecule has 0 heteroatoms. The lowest BCUT2D eigenvalue weighted by molar-refractivity contribution is 0.307. The van der Waals surface area contributed by atoms with Gasteiger partial charge >= 0.3 is 0 Å². The molecule has 1 atom stereocenters. The van der Waals surface area contributed by atoms with Crippen molar-refractivity contribution >= 4 is 10.8 Å². The maximum atomic E-state index is 2.39. The molecule has 0 heterocycles. The van der Waals surface area contributed by atoms with Gasteiger partial charge in [-0.1, -0.05) is 55.7 Å². The number of benzene rings is 2. The molecule has 0 aromatic heterocycles. The molecule has 0 bridgehead atoms. The highest BCUT2D eigenvalue weighted by atomic mass is 14.3. The highest BCUT2D eigenvalue weighted by molar-refractivity contribution is 5.91. The number of hydrogen-bond acceptors (Lipinski definition) is 0. The molecular weight excluding hydrogens is 216 g/mol.